The second-order valence-electron chi connectivity index (χ2n) is 5.19. The second-order valence-corrected chi connectivity index (χ2v) is 8.41. The molecule has 1 unspecified atom stereocenters. The van der Waals surface area contributed by atoms with Crippen LogP contribution in [0.5, 0.6) is 0 Å². The zero-order valence-electron chi connectivity index (χ0n) is 10.7. The molecular formula is C12H17Br2NOS. The maximum atomic E-state index is 12.3. The van der Waals surface area contributed by atoms with Crippen LogP contribution in [0.1, 0.15) is 37.4 Å². The standard InChI is InChI=1S/C12H17Br2NOS/c1-7(12(2,3)4)15(5)11(16)9-6-8(13)10(14)17-9/h6-7H,1-5H3. The summed E-state index contributed by atoms with van der Waals surface area (Å²) in [5.41, 5.74) is 0.0795. The summed E-state index contributed by atoms with van der Waals surface area (Å²) in [6.07, 6.45) is 0. The average Bonchev–Trinajstić information content (AvgIpc) is 2.54. The van der Waals surface area contributed by atoms with Crippen LogP contribution < -0.4 is 0 Å². The van der Waals surface area contributed by atoms with Crippen LogP contribution in [0.4, 0.5) is 0 Å². The average molecular weight is 383 g/mol. The molecular weight excluding hydrogens is 366 g/mol. The van der Waals surface area contributed by atoms with Crippen LogP contribution in [0, 0.1) is 5.41 Å². The quantitative estimate of drug-likeness (QED) is 0.720. The number of hydrogen-bond acceptors (Lipinski definition) is 2. The molecule has 0 saturated heterocycles. The van der Waals surface area contributed by atoms with Crippen molar-refractivity contribution < 1.29 is 4.79 Å². The highest BCUT2D eigenvalue weighted by atomic mass is 79.9. The van der Waals surface area contributed by atoms with Gasteiger partial charge in [0.05, 0.1) is 8.66 Å². The van der Waals surface area contributed by atoms with Gasteiger partial charge in [-0.1, -0.05) is 20.8 Å². The van der Waals surface area contributed by atoms with Gasteiger partial charge in [-0.2, -0.15) is 0 Å². The van der Waals surface area contributed by atoms with Gasteiger partial charge in [-0.15, -0.1) is 11.3 Å². The molecule has 1 aromatic rings. The number of rotatable bonds is 2. The molecule has 0 spiro atoms. The van der Waals surface area contributed by atoms with Gasteiger partial charge in [-0.3, -0.25) is 4.79 Å². The van der Waals surface area contributed by atoms with Crippen LogP contribution in [0.2, 0.25) is 0 Å². The van der Waals surface area contributed by atoms with Crippen LogP contribution >= 0.6 is 43.2 Å². The van der Waals surface area contributed by atoms with Gasteiger partial charge in [0, 0.05) is 17.6 Å². The topological polar surface area (TPSA) is 20.3 Å². The molecule has 96 valence electrons. The van der Waals surface area contributed by atoms with Gasteiger partial charge in [0.1, 0.15) is 0 Å². The zero-order valence-corrected chi connectivity index (χ0v) is 14.7. The van der Waals surface area contributed by atoms with Gasteiger partial charge in [-0.25, -0.2) is 0 Å². The third-order valence-corrected chi connectivity index (χ3v) is 6.25. The smallest absolute Gasteiger partial charge is 0.264 e. The van der Waals surface area contributed by atoms with Crippen molar-refractivity contribution in [2.75, 3.05) is 7.05 Å². The summed E-state index contributed by atoms with van der Waals surface area (Å²) < 4.78 is 1.89. The second kappa shape index (κ2) is 5.41. The Kier molecular flexibility index (Phi) is 4.83. The molecule has 17 heavy (non-hydrogen) atoms. The molecule has 1 amide bonds. The molecule has 1 rings (SSSR count). The summed E-state index contributed by atoms with van der Waals surface area (Å²) in [7, 11) is 1.86. The lowest BCUT2D eigenvalue weighted by atomic mass is 9.87. The number of hydrogen-bond donors (Lipinski definition) is 0. The predicted molar refractivity (Wildman–Crippen MR) is 80.7 cm³/mol. The molecule has 0 aliphatic heterocycles. The molecule has 1 aromatic heterocycles. The number of thiophene rings is 1. The summed E-state index contributed by atoms with van der Waals surface area (Å²) in [5, 5.41) is 0. The van der Waals surface area contributed by atoms with Crippen molar-refractivity contribution in [3.8, 4) is 0 Å². The Morgan fingerprint density at radius 3 is 2.29 bits per heavy atom. The number of amides is 1. The van der Waals surface area contributed by atoms with Crippen molar-refractivity contribution in [1.82, 2.24) is 4.90 Å². The van der Waals surface area contributed by atoms with Crippen LogP contribution in [0.25, 0.3) is 0 Å². The minimum atomic E-state index is 0.0730. The van der Waals surface area contributed by atoms with E-state index in [1.165, 1.54) is 11.3 Å². The first-order valence-electron chi connectivity index (χ1n) is 5.36. The summed E-state index contributed by atoms with van der Waals surface area (Å²) in [6.45, 7) is 8.50. The lowest BCUT2D eigenvalue weighted by Gasteiger charge is -2.35. The van der Waals surface area contributed by atoms with E-state index < -0.39 is 0 Å². The molecule has 0 fully saturated rings. The third kappa shape index (κ3) is 3.55. The van der Waals surface area contributed by atoms with Gasteiger partial charge in [0.2, 0.25) is 0 Å². The molecule has 0 aliphatic carbocycles. The van der Waals surface area contributed by atoms with Crippen LogP contribution in [-0.4, -0.2) is 23.9 Å². The van der Waals surface area contributed by atoms with Crippen molar-refractivity contribution in [2.24, 2.45) is 5.41 Å². The van der Waals surface area contributed by atoms with Crippen LogP contribution in [-0.2, 0) is 0 Å². The van der Waals surface area contributed by atoms with Crippen molar-refractivity contribution in [3.05, 3.63) is 19.2 Å². The Labute approximate surface area is 124 Å². The van der Waals surface area contributed by atoms with Crippen LogP contribution in [0.15, 0.2) is 14.3 Å². The van der Waals surface area contributed by atoms with E-state index in [0.29, 0.717) is 0 Å². The first kappa shape index (κ1) is 15.2. The normalized spacial score (nSPS) is 13.6. The monoisotopic (exact) mass is 381 g/mol. The van der Waals surface area contributed by atoms with E-state index in [-0.39, 0.29) is 17.4 Å². The molecule has 0 radical (unpaired) electrons. The van der Waals surface area contributed by atoms with Crippen molar-refractivity contribution in [3.63, 3.8) is 0 Å². The van der Waals surface area contributed by atoms with E-state index in [1.54, 1.807) is 0 Å². The molecule has 0 aromatic carbocycles. The molecule has 0 bridgehead atoms. The molecule has 0 N–H and O–H groups in total. The Balaban J connectivity index is 2.91. The lowest BCUT2D eigenvalue weighted by Crippen LogP contribution is -2.42. The number of nitrogens with zero attached hydrogens (tertiary/aromatic N) is 1. The number of carbonyl (C=O) groups is 1. The van der Waals surface area contributed by atoms with Crippen molar-refractivity contribution in [1.29, 1.82) is 0 Å². The molecule has 2 nitrogen and oxygen atoms in total. The minimum Gasteiger partial charge on any atom is -0.338 e. The highest BCUT2D eigenvalue weighted by Gasteiger charge is 2.28. The fourth-order valence-corrected chi connectivity index (χ4v) is 3.40. The summed E-state index contributed by atoms with van der Waals surface area (Å²) >= 11 is 8.27. The van der Waals surface area contributed by atoms with Crippen molar-refractivity contribution >= 4 is 49.1 Å². The predicted octanol–water partition coefficient (Wildman–Crippen LogP) is 4.78. The van der Waals surface area contributed by atoms with E-state index in [1.807, 2.05) is 18.0 Å². The SMILES string of the molecule is CC(N(C)C(=O)c1cc(Br)c(Br)s1)C(C)(C)C. The van der Waals surface area contributed by atoms with Crippen LogP contribution in [0.3, 0.4) is 0 Å². The van der Waals surface area contributed by atoms with Gasteiger partial charge in [0.25, 0.3) is 5.91 Å². The van der Waals surface area contributed by atoms with E-state index in [0.717, 1.165) is 13.1 Å². The Bertz CT molecular complexity index is 403. The zero-order chi connectivity index (χ0) is 13.4. The molecule has 1 heterocycles. The fourth-order valence-electron chi connectivity index (χ4n) is 1.38. The molecule has 0 aliphatic rings. The van der Waals surface area contributed by atoms with E-state index in [9.17, 15) is 4.79 Å². The van der Waals surface area contributed by atoms with Gasteiger partial charge in [0.15, 0.2) is 0 Å². The summed E-state index contributed by atoms with van der Waals surface area (Å²) in [5.74, 6) is 0.0730. The number of carbonyl (C=O) groups excluding carboxylic acids is 1. The first-order valence-corrected chi connectivity index (χ1v) is 7.77. The van der Waals surface area contributed by atoms with Gasteiger partial charge < -0.3 is 4.90 Å². The Hall–Kier alpha value is 0.130. The van der Waals surface area contributed by atoms with Gasteiger partial charge >= 0.3 is 0 Å². The van der Waals surface area contributed by atoms with E-state index in [2.05, 4.69) is 59.6 Å². The molecule has 0 saturated carbocycles. The lowest BCUT2D eigenvalue weighted by molar-refractivity contribution is 0.0634. The Morgan fingerprint density at radius 1 is 1.41 bits per heavy atom. The fraction of sp³-hybridized carbons (Fsp3) is 0.583. The highest BCUT2D eigenvalue weighted by molar-refractivity contribution is 9.13. The summed E-state index contributed by atoms with van der Waals surface area (Å²) in [4.78, 5) is 14.9. The first-order chi connectivity index (χ1) is 7.64. The minimum absolute atomic E-state index is 0.0730. The molecule has 1 atom stereocenters. The Morgan fingerprint density at radius 2 is 1.94 bits per heavy atom. The maximum Gasteiger partial charge on any atom is 0.264 e. The molecule has 5 heteroatoms. The van der Waals surface area contributed by atoms with E-state index in [4.69, 9.17) is 0 Å². The maximum absolute atomic E-state index is 12.3. The third-order valence-electron chi connectivity index (χ3n) is 3.01. The van der Waals surface area contributed by atoms with Crippen molar-refractivity contribution in [2.45, 2.75) is 33.7 Å². The number of halogens is 2. The van der Waals surface area contributed by atoms with E-state index >= 15 is 0 Å². The largest absolute Gasteiger partial charge is 0.338 e. The highest BCUT2D eigenvalue weighted by Crippen LogP contribution is 2.34. The van der Waals surface area contributed by atoms with Gasteiger partial charge in [-0.05, 0) is 50.3 Å². The summed E-state index contributed by atoms with van der Waals surface area (Å²) in [6, 6.07) is 2.05.